The van der Waals surface area contributed by atoms with Gasteiger partial charge in [0.05, 0.1) is 0 Å². The van der Waals surface area contributed by atoms with Gasteiger partial charge in [0, 0.05) is 12.1 Å². The summed E-state index contributed by atoms with van der Waals surface area (Å²) in [4.78, 5) is 0. The molecule has 0 saturated carbocycles. The quantitative estimate of drug-likeness (QED) is 0.568. The Balaban J connectivity index is 3.42. The van der Waals surface area contributed by atoms with Crippen molar-refractivity contribution in [1.82, 2.24) is 5.32 Å². The second-order valence-corrected chi connectivity index (χ2v) is 4.08. The Morgan fingerprint density at radius 3 is 2.08 bits per heavy atom. The Labute approximate surface area is 84.3 Å². The maximum atomic E-state index is 3.68. The molecule has 0 rings (SSSR count). The zero-order valence-corrected chi connectivity index (χ0v) is 9.90. The normalized spacial score (nSPS) is 13.6. The Morgan fingerprint density at radius 1 is 1.00 bits per heavy atom. The minimum absolute atomic E-state index is 0.705. The molecular formula is C12H27N. The van der Waals surface area contributed by atoms with Crippen molar-refractivity contribution in [3.8, 4) is 0 Å². The van der Waals surface area contributed by atoms with Crippen molar-refractivity contribution in [2.45, 2.75) is 78.3 Å². The molecule has 0 spiro atoms. The smallest absolute Gasteiger partial charge is 0.00642 e. The van der Waals surface area contributed by atoms with Crippen LogP contribution < -0.4 is 5.32 Å². The first-order valence-electron chi connectivity index (χ1n) is 6.00. The molecule has 1 heteroatoms. The maximum absolute atomic E-state index is 3.68. The van der Waals surface area contributed by atoms with Gasteiger partial charge in [-0.05, 0) is 26.2 Å². The van der Waals surface area contributed by atoms with Crippen molar-refractivity contribution >= 4 is 0 Å². The predicted molar refractivity (Wildman–Crippen MR) is 61.1 cm³/mol. The topological polar surface area (TPSA) is 12.0 Å². The van der Waals surface area contributed by atoms with E-state index in [1.165, 1.54) is 38.5 Å². The lowest BCUT2D eigenvalue weighted by Crippen LogP contribution is -2.35. The lowest BCUT2D eigenvalue weighted by molar-refractivity contribution is 0.399. The summed E-state index contributed by atoms with van der Waals surface area (Å²) in [7, 11) is 0. The lowest BCUT2D eigenvalue weighted by atomic mass is 10.1. The third-order valence-corrected chi connectivity index (χ3v) is 2.75. The summed E-state index contributed by atoms with van der Waals surface area (Å²) in [5, 5.41) is 3.68. The van der Waals surface area contributed by atoms with E-state index in [9.17, 15) is 0 Å². The van der Waals surface area contributed by atoms with Gasteiger partial charge in [-0.25, -0.2) is 0 Å². The number of hydrogen-bond donors (Lipinski definition) is 1. The van der Waals surface area contributed by atoms with E-state index in [0.717, 1.165) is 6.04 Å². The molecule has 0 fully saturated rings. The summed E-state index contributed by atoms with van der Waals surface area (Å²) in [6.45, 7) is 9.10. The Kier molecular flexibility index (Phi) is 8.53. The molecule has 1 unspecified atom stereocenters. The summed E-state index contributed by atoms with van der Waals surface area (Å²) < 4.78 is 0. The highest BCUT2D eigenvalue weighted by molar-refractivity contribution is 4.68. The van der Waals surface area contributed by atoms with Gasteiger partial charge in [-0.2, -0.15) is 0 Å². The molecule has 0 amide bonds. The summed E-state index contributed by atoms with van der Waals surface area (Å²) in [5.74, 6) is 0. The van der Waals surface area contributed by atoms with Crippen molar-refractivity contribution in [1.29, 1.82) is 0 Å². The monoisotopic (exact) mass is 185 g/mol. The predicted octanol–water partition coefficient (Wildman–Crippen LogP) is 3.73. The first-order chi connectivity index (χ1) is 6.24. The van der Waals surface area contributed by atoms with Gasteiger partial charge in [-0.3, -0.25) is 0 Å². The average molecular weight is 185 g/mol. The van der Waals surface area contributed by atoms with Crippen LogP contribution in [0.5, 0.6) is 0 Å². The van der Waals surface area contributed by atoms with Crippen LogP contribution >= 0.6 is 0 Å². The Morgan fingerprint density at radius 2 is 1.62 bits per heavy atom. The van der Waals surface area contributed by atoms with E-state index >= 15 is 0 Å². The van der Waals surface area contributed by atoms with Crippen LogP contribution in [0.15, 0.2) is 0 Å². The van der Waals surface area contributed by atoms with E-state index in [4.69, 9.17) is 0 Å². The van der Waals surface area contributed by atoms with Crippen LogP contribution in [0.3, 0.4) is 0 Å². The third-order valence-electron chi connectivity index (χ3n) is 2.75. The van der Waals surface area contributed by atoms with Gasteiger partial charge in [0.1, 0.15) is 0 Å². The molecule has 0 aromatic heterocycles. The van der Waals surface area contributed by atoms with E-state index in [1.807, 2.05) is 0 Å². The minimum Gasteiger partial charge on any atom is -0.312 e. The zero-order valence-electron chi connectivity index (χ0n) is 9.90. The SMILES string of the molecule is CCCCCC(C)NC(CC)CC. The fourth-order valence-electron chi connectivity index (χ4n) is 1.71. The van der Waals surface area contributed by atoms with Crippen LogP contribution in [0.1, 0.15) is 66.2 Å². The van der Waals surface area contributed by atoms with Crippen LogP contribution in [-0.2, 0) is 0 Å². The number of hydrogen-bond acceptors (Lipinski definition) is 1. The molecule has 0 aromatic carbocycles. The van der Waals surface area contributed by atoms with Crippen molar-refractivity contribution in [2.75, 3.05) is 0 Å². The van der Waals surface area contributed by atoms with Gasteiger partial charge in [0.25, 0.3) is 0 Å². The average Bonchev–Trinajstić information content (AvgIpc) is 2.14. The molecular weight excluding hydrogens is 158 g/mol. The van der Waals surface area contributed by atoms with Crippen molar-refractivity contribution in [2.24, 2.45) is 0 Å². The van der Waals surface area contributed by atoms with Gasteiger partial charge < -0.3 is 5.32 Å². The lowest BCUT2D eigenvalue weighted by Gasteiger charge is -2.20. The van der Waals surface area contributed by atoms with Crippen molar-refractivity contribution < 1.29 is 0 Å². The van der Waals surface area contributed by atoms with E-state index in [-0.39, 0.29) is 0 Å². The molecule has 13 heavy (non-hydrogen) atoms. The number of nitrogens with one attached hydrogen (secondary N) is 1. The highest BCUT2D eigenvalue weighted by atomic mass is 14.9. The highest BCUT2D eigenvalue weighted by Crippen LogP contribution is 2.05. The van der Waals surface area contributed by atoms with Gasteiger partial charge in [0.15, 0.2) is 0 Å². The molecule has 1 atom stereocenters. The first kappa shape index (κ1) is 13.0. The van der Waals surface area contributed by atoms with Crippen molar-refractivity contribution in [3.63, 3.8) is 0 Å². The van der Waals surface area contributed by atoms with E-state index < -0.39 is 0 Å². The molecule has 0 bridgehead atoms. The third kappa shape index (κ3) is 7.06. The van der Waals surface area contributed by atoms with Gasteiger partial charge in [-0.1, -0.05) is 40.0 Å². The van der Waals surface area contributed by atoms with Crippen molar-refractivity contribution in [3.05, 3.63) is 0 Å². The van der Waals surface area contributed by atoms with E-state index in [2.05, 4.69) is 33.0 Å². The molecule has 0 aliphatic carbocycles. The summed E-state index contributed by atoms with van der Waals surface area (Å²) >= 11 is 0. The largest absolute Gasteiger partial charge is 0.312 e. The van der Waals surface area contributed by atoms with E-state index in [0.29, 0.717) is 6.04 Å². The maximum Gasteiger partial charge on any atom is 0.00642 e. The fourth-order valence-corrected chi connectivity index (χ4v) is 1.71. The summed E-state index contributed by atoms with van der Waals surface area (Å²) in [5.41, 5.74) is 0. The molecule has 0 saturated heterocycles. The molecule has 80 valence electrons. The first-order valence-corrected chi connectivity index (χ1v) is 6.00. The molecule has 0 heterocycles. The van der Waals surface area contributed by atoms with Gasteiger partial charge in [-0.15, -0.1) is 0 Å². The molecule has 0 aromatic rings. The molecule has 1 N–H and O–H groups in total. The molecule has 0 radical (unpaired) electrons. The Bertz CT molecular complexity index is 97.3. The molecule has 0 aliphatic heterocycles. The fraction of sp³-hybridized carbons (Fsp3) is 1.00. The highest BCUT2D eigenvalue weighted by Gasteiger charge is 2.06. The summed E-state index contributed by atoms with van der Waals surface area (Å²) in [6, 6.07) is 1.44. The number of rotatable bonds is 8. The van der Waals surface area contributed by atoms with Crippen LogP contribution in [-0.4, -0.2) is 12.1 Å². The Hall–Kier alpha value is -0.0400. The van der Waals surface area contributed by atoms with Gasteiger partial charge in [0.2, 0.25) is 0 Å². The minimum atomic E-state index is 0.705. The summed E-state index contributed by atoms with van der Waals surface area (Å²) in [6.07, 6.45) is 7.95. The van der Waals surface area contributed by atoms with Crippen LogP contribution in [0.25, 0.3) is 0 Å². The van der Waals surface area contributed by atoms with Crippen LogP contribution in [0, 0.1) is 0 Å². The standard InChI is InChI=1S/C12H27N/c1-5-8-9-10-11(4)13-12(6-2)7-3/h11-13H,5-10H2,1-4H3. The molecule has 1 nitrogen and oxygen atoms in total. The van der Waals surface area contributed by atoms with Crippen LogP contribution in [0.2, 0.25) is 0 Å². The second kappa shape index (κ2) is 8.55. The molecule has 0 aliphatic rings. The van der Waals surface area contributed by atoms with Gasteiger partial charge >= 0.3 is 0 Å². The van der Waals surface area contributed by atoms with Crippen LogP contribution in [0.4, 0.5) is 0 Å². The number of unbranched alkanes of at least 4 members (excludes halogenated alkanes) is 2. The van der Waals surface area contributed by atoms with E-state index in [1.54, 1.807) is 0 Å². The second-order valence-electron chi connectivity index (χ2n) is 4.08. The zero-order chi connectivity index (χ0) is 10.1.